The third kappa shape index (κ3) is 3.32. The number of fused-ring (bicyclic) bond motifs is 1. The molecular weight excluding hydrogens is 358 g/mol. The molecule has 8 heteroatoms. The van der Waals surface area contributed by atoms with Gasteiger partial charge in [0.15, 0.2) is 0 Å². The lowest BCUT2D eigenvalue weighted by molar-refractivity contribution is 0.0710. The molecule has 136 valence electrons. The number of rotatable bonds is 2. The van der Waals surface area contributed by atoms with E-state index in [1.807, 2.05) is 17.2 Å². The van der Waals surface area contributed by atoms with Crippen LogP contribution in [0.3, 0.4) is 0 Å². The fourth-order valence-electron chi connectivity index (χ4n) is 3.65. The number of carbonyl (C=O) groups is 1. The van der Waals surface area contributed by atoms with Crippen molar-refractivity contribution in [2.24, 2.45) is 0 Å². The monoisotopic (exact) mass is 381 g/mol. The van der Waals surface area contributed by atoms with Gasteiger partial charge in [0.2, 0.25) is 0 Å². The first-order chi connectivity index (χ1) is 11.6. The largest absolute Gasteiger partial charge is 0.339 e. The maximum atomic E-state index is 12.8. The number of nitrogens with one attached hydrogen (secondary N) is 1. The van der Waals surface area contributed by atoms with E-state index in [4.69, 9.17) is 0 Å². The number of hydrogen-bond acceptors (Lipinski definition) is 5. The summed E-state index contributed by atoms with van der Waals surface area (Å²) < 4.78 is 2.27. The zero-order valence-electron chi connectivity index (χ0n) is 14.6. The summed E-state index contributed by atoms with van der Waals surface area (Å²) in [5.74, 6) is 2.75. The maximum absolute atomic E-state index is 12.8. The Morgan fingerprint density at radius 1 is 1.24 bits per heavy atom. The quantitative estimate of drug-likeness (QED) is 0.868. The third-order valence-corrected chi connectivity index (χ3v) is 6.33. The molecule has 0 spiro atoms. The van der Waals surface area contributed by atoms with E-state index in [2.05, 4.69) is 27.0 Å². The number of thiophene rings is 1. The number of carbonyl (C=O) groups excluding carboxylic acids is 1. The number of likely N-dealkylation sites (tertiary alicyclic amines) is 1. The first kappa shape index (κ1) is 18.4. The minimum atomic E-state index is 0. The smallest absolute Gasteiger partial charge is 0.254 e. The molecule has 2 aromatic rings. The third-order valence-electron chi connectivity index (χ3n) is 5.31. The van der Waals surface area contributed by atoms with Crippen molar-refractivity contribution in [3.63, 3.8) is 0 Å². The molecule has 2 aliphatic rings. The molecule has 0 aliphatic carbocycles. The molecule has 4 heterocycles. The highest BCUT2D eigenvalue weighted by molar-refractivity contribution is 7.10. The highest BCUT2D eigenvalue weighted by atomic mass is 35.5. The van der Waals surface area contributed by atoms with Gasteiger partial charge in [-0.15, -0.1) is 33.9 Å². The van der Waals surface area contributed by atoms with E-state index in [0.717, 1.165) is 68.3 Å². The molecule has 6 nitrogen and oxygen atoms in total. The number of amides is 1. The van der Waals surface area contributed by atoms with Gasteiger partial charge in [-0.2, -0.15) is 0 Å². The second-order valence-electron chi connectivity index (χ2n) is 6.70. The van der Waals surface area contributed by atoms with Crippen molar-refractivity contribution >= 4 is 29.7 Å². The van der Waals surface area contributed by atoms with Gasteiger partial charge in [-0.3, -0.25) is 4.79 Å². The van der Waals surface area contributed by atoms with Crippen LogP contribution in [-0.2, 0) is 13.1 Å². The molecule has 0 unspecified atom stereocenters. The number of nitrogens with zero attached hydrogens (tertiary/aromatic N) is 4. The molecule has 1 saturated heterocycles. The summed E-state index contributed by atoms with van der Waals surface area (Å²) in [6.45, 7) is 8.46. The van der Waals surface area contributed by atoms with E-state index in [1.165, 1.54) is 4.88 Å². The zero-order valence-corrected chi connectivity index (χ0v) is 16.3. The molecule has 2 aliphatic heterocycles. The molecule has 1 amide bonds. The van der Waals surface area contributed by atoms with Gasteiger partial charge in [0, 0.05) is 42.4 Å². The molecule has 0 atom stereocenters. The molecule has 4 rings (SSSR count). The van der Waals surface area contributed by atoms with Gasteiger partial charge in [0.05, 0.1) is 12.1 Å². The van der Waals surface area contributed by atoms with Crippen LogP contribution in [0.25, 0.3) is 0 Å². The topological polar surface area (TPSA) is 63.1 Å². The van der Waals surface area contributed by atoms with E-state index < -0.39 is 0 Å². The molecule has 1 fully saturated rings. The zero-order chi connectivity index (χ0) is 16.7. The van der Waals surface area contributed by atoms with Gasteiger partial charge in [0.25, 0.3) is 5.91 Å². The van der Waals surface area contributed by atoms with Crippen LogP contribution in [0, 0.1) is 13.8 Å². The van der Waals surface area contributed by atoms with Crippen molar-refractivity contribution in [2.45, 2.75) is 45.7 Å². The highest BCUT2D eigenvalue weighted by Gasteiger charge is 2.29. The molecule has 2 aromatic heterocycles. The number of halogens is 1. The SMILES string of the molecule is Cc1scc(C(=O)N2CCC(c3nnc4n3CCNC4)CC2)c1C.Cl. The Morgan fingerprint density at radius 2 is 2.00 bits per heavy atom. The number of aryl methyl sites for hydroxylation is 1. The Labute approximate surface area is 158 Å². The van der Waals surface area contributed by atoms with Gasteiger partial charge in [-0.25, -0.2) is 0 Å². The summed E-state index contributed by atoms with van der Waals surface area (Å²) in [7, 11) is 0. The van der Waals surface area contributed by atoms with Crippen molar-refractivity contribution in [3.05, 3.63) is 33.0 Å². The molecule has 0 saturated carbocycles. The van der Waals surface area contributed by atoms with Gasteiger partial charge in [0.1, 0.15) is 11.6 Å². The van der Waals surface area contributed by atoms with Crippen LogP contribution < -0.4 is 5.32 Å². The molecule has 25 heavy (non-hydrogen) atoms. The summed E-state index contributed by atoms with van der Waals surface area (Å²) in [6.07, 6.45) is 1.94. The number of piperidine rings is 1. The molecule has 0 bridgehead atoms. The number of aromatic nitrogens is 3. The Morgan fingerprint density at radius 3 is 2.68 bits per heavy atom. The summed E-state index contributed by atoms with van der Waals surface area (Å²) >= 11 is 1.66. The predicted molar refractivity (Wildman–Crippen MR) is 101 cm³/mol. The molecule has 0 radical (unpaired) electrons. The average Bonchev–Trinajstić information content (AvgIpc) is 3.19. The van der Waals surface area contributed by atoms with Crippen LogP contribution in [0.15, 0.2) is 5.38 Å². The Balaban J connectivity index is 0.00000182. The van der Waals surface area contributed by atoms with Crippen molar-refractivity contribution in [2.75, 3.05) is 19.6 Å². The summed E-state index contributed by atoms with van der Waals surface area (Å²) in [5, 5.41) is 14.1. The molecule has 0 aromatic carbocycles. The van der Waals surface area contributed by atoms with E-state index >= 15 is 0 Å². The highest BCUT2D eigenvalue weighted by Crippen LogP contribution is 2.30. The minimum absolute atomic E-state index is 0. The number of hydrogen-bond donors (Lipinski definition) is 1. The lowest BCUT2D eigenvalue weighted by Crippen LogP contribution is -2.39. The molecule has 1 N–H and O–H groups in total. The van der Waals surface area contributed by atoms with Crippen molar-refractivity contribution in [1.29, 1.82) is 0 Å². The summed E-state index contributed by atoms with van der Waals surface area (Å²) in [4.78, 5) is 16.0. The van der Waals surface area contributed by atoms with Crippen molar-refractivity contribution in [1.82, 2.24) is 25.0 Å². The van der Waals surface area contributed by atoms with Crippen LogP contribution in [0.5, 0.6) is 0 Å². The Hall–Kier alpha value is -1.44. The average molecular weight is 382 g/mol. The molecular formula is C17H24ClN5OS. The lowest BCUT2D eigenvalue weighted by atomic mass is 9.95. The lowest BCUT2D eigenvalue weighted by Gasteiger charge is -2.32. The standard InChI is InChI=1S/C17H23N5OS.ClH/c1-11-12(2)24-10-14(11)17(23)21-6-3-13(4-7-21)16-20-19-15-9-18-5-8-22(15)16;/h10,13,18H,3-9H2,1-2H3;1H. The van der Waals surface area contributed by atoms with Crippen molar-refractivity contribution in [3.8, 4) is 0 Å². The van der Waals surface area contributed by atoms with Gasteiger partial charge in [-0.05, 0) is 32.3 Å². The first-order valence-electron chi connectivity index (χ1n) is 8.62. The van der Waals surface area contributed by atoms with E-state index in [1.54, 1.807) is 11.3 Å². The maximum Gasteiger partial charge on any atom is 0.254 e. The van der Waals surface area contributed by atoms with Gasteiger partial charge >= 0.3 is 0 Å². The fraction of sp³-hybridized carbons (Fsp3) is 0.588. The van der Waals surface area contributed by atoms with E-state index in [0.29, 0.717) is 5.92 Å². The van der Waals surface area contributed by atoms with Crippen LogP contribution in [0.2, 0.25) is 0 Å². The van der Waals surface area contributed by atoms with Crippen LogP contribution in [-0.4, -0.2) is 45.2 Å². The van der Waals surface area contributed by atoms with Gasteiger partial charge in [-0.1, -0.05) is 0 Å². The second kappa shape index (κ2) is 7.43. The van der Waals surface area contributed by atoms with Crippen molar-refractivity contribution < 1.29 is 4.79 Å². The summed E-state index contributed by atoms with van der Waals surface area (Å²) in [6, 6.07) is 0. The second-order valence-corrected chi connectivity index (χ2v) is 7.78. The van der Waals surface area contributed by atoms with Crippen LogP contribution in [0.1, 0.15) is 51.2 Å². The normalized spacial score (nSPS) is 17.9. The van der Waals surface area contributed by atoms with Crippen LogP contribution >= 0.6 is 23.7 Å². The van der Waals surface area contributed by atoms with Crippen LogP contribution in [0.4, 0.5) is 0 Å². The first-order valence-corrected chi connectivity index (χ1v) is 9.49. The predicted octanol–water partition coefficient (Wildman–Crippen LogP) is 2.50. The Bertz CT molecular complexity index is 763. The van der Waals surface area contributed by atoms with E-state index in [-0.39, 0.29) is 18.3 Å². The summed E-state index contributed by atoms with van der Waals surface area (Å²) in [5.41, 5.74) is 2.01. The fourth-order valence-corrected chi connectivity index (χ4v) is 4.51. The van der Waals surface area contributed by atoms with E-state index in [9.17, 15) is 4.79 Å². The van der Waals surface area contributed by atoms with Gasteiger partial charge < -0.3 is 14.8 Å². The minimum Gasteiger partial charge on any atom is -0.339 e. The Kier molecular flexibility index (Phi) is 5.46.